The maximum atomic E-state index is 13.0. The number of nitrogens with one attached hydrogen (secondary N) is 2. The van der Waals surface area contributed by atoms with E-state index in [0.717, 1.165) is 37.2 Å². The summed E-state index contributed by atoms with van der Waals surface area (Å²) in [4.78, 5) is 20.0. The van der Waals surface area contributed by atoms with E-state index in [4.69, 9.17) is 4.52 Å². The van der Waals surface area contributed by atoms with E-state index in [9.17, 15) is 4.79 Å². The minimum Gasteiger partial charge on any atom is -0.348 e. The van der Waals surface area contributed by atoms with Crippen molar-refractivity contribution >= 4 is 28.3 Å². The van der Waals surface area contributed by atoms with Gasteiger partial charge in [-0.2, -0.15) is 0 Å². The lowest BCUT2D eigenvalue weighted by atomic mass is 10.0. The molecule has 1 atom stereocenters. The van der Waals surface area contributed by atoms with Crippen LogP contribution in [0.25, 0.3) is 22.4 Å². The summed E-state index contributed by atoms with van der Waals surface area (Å²) in [6.45, 7) is 7.79. The third-order valence-corrected chi connectivity index (χ3v) is 5.78. The standard InChI is InChI=1S/C19H22N4O2S/c1-10-7-14(12(3)26-10)16-8-15(17-11(2)23-25-19(17)22-16)18(24)21-13-5-4-6-20-9-13/h7-8,13,20H,4-6,9H2,1-3H3,(H,21,24)/t13-/m0/s1. The van der Waals surface area contributed by atoms with Gasteiger partial charge in [0.25, 0.3) is 11.6 Å². The first kappa shape index (κ1) is 17.2. The largest absolute Gasteiger partial charge is 0.348 e. The molecule has 1 aliphatic heterocycles. The van der Waals surface area contributed by atoms with Crippen LogP contribution in [-0.4, -0.2) is 35.2 Å². The number of amides is 1. The Morgan fingerprint density at radius 1 is 1.35 bits per heavy atom. The number of thiophene rings is 1. The third kappa shape index (κ3) is 3.12. The van der Waals surface area contributed by atoms with Crippen molar-refractivity contribution in [3.05, 3.63) is 33.1 Å². The van der Waals surface area contributed by atoms with E-state index in [1.807, 2.05) is 13.0 Å². The number of nitrogens with zero attached hydrogens (tertiary/aromatic N) is 2. The van der Waals surface area contributed by atoms with Gasteiger partial charge in [0.05, 0.1) is 22.3 Å². The van der Waals surface area contributed by atoms with E-state index in [-0.39, 0.29) is 11.9 Å². The van der Waals surface area contributed by atoms with Crippen LogP contribution in [0.3, 0.4) is 0 Å². The fourth-order valence-electron chi connectivity index (χ4n) is 3.54. The number of pyridine rings is 1. The topological polar surface area (TPSA) is 80.0 Å². The monoisotopic (exact) mass is 370 g/mol. The highest BCUT2D eigenvalue weighted by molar-refractivity contribution is 7.12. The normalized spacial score (nSPS) is 17.6. The Bertz CT molecular complexity index is 969. The molecule has 1 aliphatic rings. The molecule has 4 rings (SSSR count). The molecule has 3 aromatic rings. The van der Waals surface area contributed by atoms with E-state index in [1.54, 1.807) is 11.3 Å². The van der Waals surface area contributed by atoms with Gasteiger partial charge in [-0.05, 0) is 52.3 Å². The van der Waals surface area contributed by atoms with Crippen LogP contribution in [0.1, 0.15) is 38.6 Å². The second-order valence-corrected chi connectivity index (χ2v) is 8.31. The Balaban J connectivity index is 1.77. The van der Waals surface area contributed by atoms with E-state index in [1.165, 1.54) is 9.75 Å². The minimum atomic E-state index is -0.0942. The van der Waals surface area contributed by atoms with Crippen molar-refractivity contribution in [2.45, 2.75) is 39.7 Å². The van der Waals surface area contributed by atoms with E-state index < -0.39 is 0 Å². The van der Waals surface area contributed by atoms with Gasteiger partial charge in [-0.15, -0.1) is 11.3 Å². The van der Waals surface area contributed by atoms with Gasteiger partial charge < -0.3 is 15.2 Å². The number of fused-ring (bicyclic) bond motifs is 1. The zero-order valence-corrected chi connectivity index (χ0v) is 16.0. The van der Waals surface area contributed by atoms with Crippen LogP contribution in [0.2, 0.25) is 0 Å². The van der Waals surface area contributed by atoms with Crippen molar-refractivity contribution in [1.29, 1.82) is 0 Å². The van der Waals surface area contributed by atoms with E-state index >= 15 is 0 Å². The van der Waals surface area contributed by atoms with Crippen LogP contribution in [0.5, 0.6) is 0 Å². The van der Waals surface area contributed by atoms with Crippen molar-refractivity contribution in [3.63, 3.8) is 0 Å². The van der Waals surface area contributed by atoms with Gasteiger partial charge in [-0.1, -0.05) is 5.16 Å². The highest BCUT2D eigenvalue weighted by Crippen LogP contribution is 2.32. The number of hydrogen-bond acceptors (Lipinski definition) is 6. The molecule has 0 saturated carbocycles. The lowest BCUT2D eigenvalue weighted by molar-refractivity contribution is 0.0932. The molecule has 4 heterocycles. The van der Waals surface area contributed by atoms with Crippen molar-refractivity contribution in [2.75, 3.05) is 13.1 Å². The first-order valence-electron chi connectivity index (χ1n) is 8.89. The fraction of sp³-hybridized carbons (Fsp3) is 0.421. The van der Waals surface area contributed by atoms with Gasteiger partial charge in [-0.25, -0.2) is 4.98 Å². The molecular formula is C19H22N4O2S. The zero-order chi connectivity index (χ0) is 18.3. The molecule has 0 unspecified atom stereocenters. The Morgan fingerprint density at radius 2 is 2.19 bits per heavy atom. The summed E-state index contributed by atoms with van der Waals surface area (Å²) in [6.07, 6.45) is 2.06. The third-order valence-electron chi connectivity index (χ3n) is 4.81. The number of aryl methyl sites for hydroxylation is 3. The molecule has 0 radical (unpaired) electrons. The van der Waals surface area contributed by atoms with E-state index in [0.29, 0.717) is 22.4 Å². The second kappa shape index (κ2) is 6.81. The van der Waals surface area contributed by atoms with Gasteiger partial charge >= 0.3 is 0 Å². The quantitative estimate of drug-likeness (QED) is 0.739. The molecular weight excluding hydrogens is 348 g/mol. The summed E-state index contributed by atoms with van der Waals surface area (Å²) < 4.78 is 5.39. The summed E-state index contributed by atoms with van der Waals surface area (Å²) >= 11 is 1.72. The van der Waals surface area contributed by atoms with Crippen LogP contribution in [0.15, 0.2) is 16.7 Å². The van der Waals surface area contributed by atoms with Crippen LogP contribution < -0.4 is 10.6 Å². The molecule has 2 N–H and O–H groups in total. The number of rotatable bonds is 3. The van der Waals surface area contributed by atoms with Gasteiger partial charge in [0.1, 0.15) is 0 Å². The Morgan fingerprint density at radius 3 is 2.88 bits per heavy atom. The summed E-state index contributed by atoms with van der Waals surface area (Å²) in [5.74, 6) is -0.0942. The van der Waals surface area contributed by atoms with Crippen molar-refractivity contribution in [1.82, 2.24) is 20.8 Å². The van der Waals surface area contributed by atoms with Crippen LogP contribution >= 0.6 is 11.3 Å². The number of carbonyl (C=O) groups is 1. The molecule has 1 fully saturated rings. The average Bonchev–Trinajstić information content (AvgIpc) is 3.17. The minimum absolute atomic E-state index is 0.0942. The van der Waals surface area contributed by atoms with Gasteiger partial charge in [0.2, 0.25) is 0 Å². The molecule has 0 aromatic carbocycles. The van der Waals surface area contributed by atoms with Gasteiger partial charge in [0.15, 0.2) is 0 Å². The highest BCUT2D eigenvalue weighted by atomic mass is 32.1. The Hall–Kier alpha value is -2.25. The molecule has 0 aliphatic carbocycles. The maximum absolute atomic E-state index is 13.0. The Kier molecular flexibility index (Phi) is 4.50. The number of aromatic nitrogens is 2. The molecule has 1 saturated heterocycles. The van der Waals surface area contributed by atoms with E-state index in [2.05, 4.69) is 40.7 Å². The van der Waals surface area contributed by atoms with Crippen molar-refractivity contribution < 1.29 is 9.32 Å². The summed E-state index contributed by atoms with van der Waals surface area (Å²) in [5, 5.41) is 11.2. The smallest absolute Gasteiger partial charge is 0.259 e. The van der Waals surface area contributed by atoms with Gasteiger partial charge in [0, 0.05) is 27.9 Å². The van der Waals surface area contributed by atoms with Gasteiger partial charge in [-0.3, -0.25) is 4.79 Å². The maximum Gasteiger partial charge on any atom is 0.259 e. The number of piperidine rings is 1. The molecule has 0 bridgehead atoms. The highest BCUT2D eigenvalue weighted by Gasteiger charge is 2.23. The lowest BCUT2D eigenvalue weighted by Crippen LogP contribution is -2.45. The number of hydrogen-bond donors (Lipinski definition) is 2. The summed E-state index contributed by atoms with van der Waals surface area (Å²) in [7, 11) is 0. The molecule has 1 amide bonds. The van der Waals surface area contributed by atoms with Crippen LogP contribution in [0, 0.1) is 20.8 Å². The van der Waals surface area contributed by atoms with Crippen LogP contribution in [0.4, 0.5) is 0 Å². The lowest BCUT2D eigenvalue weighted by Gasteiger charge is -2.24. The zero-order valence-electron chi connectivity index (χ0n) is 15.2. The predicted molar refractivity (Wildman–Crippen MR) is 103 cm³/mol. The molecule has 7 heteroatoms. The summed E-state index contributed by atoms with van der Waals surface area (Å²) in [5.41, 5.74) is 3.47. The second-order valence-electron chi connectivity index (χ2n) is 6.85. The fourth-order valence-corrected chi connectivity index (χ4v) is 4.47. The molecule has 0 spiro atoms. The molecule has 6 nitrogen and oxygen atoms in total. The first-order chi connectivity index (χ1) is 12.5. The molecule has 3 aromatic heterocycles. The predicted octanol–water partition coefficient (Wildman–Crippen LogP) is 3.36. The SMILES string of the molecule is Cc1cc(-c2cc(C(=O)N[C@H]3CCCNC3)c3c(C)noc3n2)c(C)s1. The number of carbonyl (C=O) groups excluding carboxylic acids is 1. The van der Waals surface area contributed by atoms with Crippen LogP contribution in [-0.2, 0) is 0 Å². The van der Waals surface area contributed by atoms with Crippen molar-refractivity contribution in [2.24, 2.45) is 0 Å². The average molecular weight is 370 g/mol. The summed E-state index contributed by atoms with van der Waals surface area (Å²) in [6, 6.07) is 4.12. The first-order valence-corrected chi connectivity index (χ1v) is 9.70. The molecule has 136 valence electrons. The Labute approximate surface area is 156 Å². The van der Waals surface area contributed by atoms with Crippen molar-refractivity contribution in [3.8, 4) is 11.3 Å². The molecule has 26 heavy (non-hydrogen) atoms.